The first-order chi connectivity index (χ1) is 13.4. The number of carbonyl (C=O) groups is 1. The van der Waals surface area contributed by atoms with Gasteiger partial charge in [0.2, 0.25) is 11.8 Å². The fourth-order valence-corrected chi connectivity index (χ4v) is 4.18. The monoisotopic (exact) mass is 391 g/mol. The predicted molar refractivity (Wildman–Crippen MR) is 107 cm³/mol. The molecule has 28 heavy (non-hydrogen) atoms. The van der Waals surface area contributed by atoms with Crippen molar-refractivity contribution in [1.29, 1.82) is 0 Å². The third-order valence-corrected chi connectivity index (χ3v) is 5.44. The lowest BCUT2D eigenvalue weighted by atomic mass is 9.92. The molecule has 2 fully saturated rings. The zero-order valence-electron chi connectivity index (χ0n) is 17.5. The number of piperazine rings is 1. The number of hydrogen-bond acceptors (Lipinski definition) is 6. The Kier molecular flexibility index (Phi) is 6.88. The topological polar surface area (TPSA) is 90.1 Å². The van der Waals surface area contributed by atoms with Crippen molar-refractivity contribution in [3.8, 4) is 0 Å². The van der Waals surface area contributed by atoms with E-state index in [-0.39, 0.29) is 5.91 Å². The van der Waals surface area contributed by atoms with E-state index in [1.165, 1.54) is 6.42 Å². The molecule has 0 spiro atoms. The van der Waals surface area contributed by atoms with Crippen molar-refractivity contribution < 1.29 is 9.32 Å². The zero-order chi connectivity index (χ0) is 20.1. The second-order valence-electron chi connectivity index (χ2n) is 8.14. The highest BCUT2D eigenvalue weighted by Crippen LogP contribution is 2.21. The molecule has 2 aliphatic heterocycles. The summed E-state index contributed by atoms with van der Waals surface area (Å²) in [5, 5.41) is 7.18. The summed E-state index contributed by atoms with van der Waals surface area (Å²) >= 11 is 0. The van der Waals surface area contributed by atoms with E-state index in [4.69, 9.17) is 4.52 Å². The second-order valence-corrected chi connectivity index (χ2v) is 8.14. The number of likely N-dealkylation sites (tertiary alicyclic amines) is 1. The molecule has 0 aliphatic carbocycles. The summed E-state index contributed by atoms with van der Waals surface area (Å²) in [7, 11) is 1.78. The number of aromatic nitrogens is 2. The van der Waals surface area contributed by atoms with Gasteiger partial charge in [-0.2, -0.15) is 4.98 Å². The maximum Gasteiger partial charge on any atom is 0.236 e. The Hall–Kier alpha value is -2.16. The van der Waals surface area contributed by atoms with Gasteiger partial charge in [0, 0.05) is 53.2 Å². The lowest BCUT2D eigenvalue weighted by molar-refractivity contribution is -0.135. The molecule has 3 heterocycles. The van der Waals surface area contributed by atoms with E-state index < -0.39 is 0 Å². The molecule has 9 nitrogen and oxygen atoms in total. The van der Waals surface area contributed by atoms with Crippen LogP contribution in [0.2, 0.25) is 0 Å². The summed E-state index contributed by atoms with van der Waals surface area (Å²) in [6.07, 6.45) is 1.22. The molecular formula is C19H33N7O2. The fourth-order valence-electron chi connectivity index (χ4n) is 4.18. The molecule has 1 N–H and O–H groups in total. The molecule has 0 bridgehead atoms. The third kappa shape index (κ3) is 5.43. The predicted octanol–water partition coefficient (Wildman–Crippen LogP) is 0.576. The number of hydrogen-bond donors (Lipinski definition) is 1. The number of piperidine rings is 1. The Balaban J connectivity index is 1.43. The van der Waals surface area contributed by atoms with Gasteiger partial charge in [-0.3, -0.25) is 14.7 Å². The molecule has 3 rings (SSSR count). The summed E-state index contributed by atoms with van der Waals surface area (Å²) in [5.41, 5.74) is 0. The number of rotatable bonds is 4. The first-order valence-electron chi connectivity index (χ1n) is 10.2. The number of aliphatic imine (C=N–C) groups is 1. The van der Waals surface area contributed by atoms with E-state index in [0.717, 1.165) is 45.2 Å². The minimum absolute atomic E-state index is 0.266. The molecule has 1 aromatic heterocycles. The van der Waals surface area contributed by atoms with Crippen molar-refractivity contribution in [1.82, 2.24) is 30.2 Å². The Morgan fingerprint density at radius 1 is 1.18 bits per heavy atom. The van der Waals surface area contributed by atoms with Crippen LogP contribution in [-0.4, -0.2) is 89.6 Å². The lowest BCUT2D eigenvalue weighted by Crippen LogP contribution is -2.55. The smallest absolute Gasteiger partial charge is 0.236 e. The first-order valence-corrected chi connectivity index (χ1v) is 10.2. The van der Waals surface area contributed by atoms with Crippen LogP contribution in [0.1, 0.15) is 32.0 Å². The van der Waals surface area contributed by atoms with E-state index in [1.54, 1.807) is 14.0 Å². The number of nitrogens with one attached hydrogen (secondary N) is 1. The summed E-state index contributed by atoms with van der Waals surface area (Å²) < 4.78 is 4.99. The Labute approximate surface area is 167 Å². The standard InChI is InChI=1S/C19H33N7O2/c1-14-9-15(2)12-26(11-14)18(27)13-24-5-7-25(8-6-24)19(20-4)21-10-17-22-16(3)28-23-17/h14-15H,5-13H2,1-4H3,(H,20,21). The quantitative estimate of drug-likeness (QED) is 0.593. The van der Waals surface area contributed by atoms with Crippen LogP contribution in [0.15, 0.2) is 9.52 Å². The van der Waals surface area contributed by atoms with E-state index in [2.05, 4.69) is 49.0 Å². The molecule has 0 saturated carbocycles. The molecule has 156 valence electrons. The van der Waals surface area contributed by atoms with E-state index in [9.17, 15) is 4.79 Å². The maximum absolute atomic E-state index is 12.7. The molecule has 2 unspecified atom stereocenters. The summed E-state index contributed by atoms with van der Waals surface area (Å²) in [4.78, 5) is 27.8. The normalized spacial score (nSPS) is 24.5. The molecule has 0 aromatic carbocycles. The summed E-state index contributed by atoms with van der Waals surface area (Å²) in [5.74, 6) is 3.47. The van der Waals surface area contributed by atoms with Crippen LogP contribution >= 0.6 is 0 Å². The highest BCUT2D eigenvalue weighted by Gasteiger charge is 2.28. The average molecular weight is 392 g/mol. The molecule has 1 aromatic rings. The van der Waals surface area contributed by atoms with Gasteiger partial charge >= 0.3 is 0 Å². The molecule has 2 atom stereocenters. The largest absolute Gasteiger partial charge is 0.349 e. The molecule has 0 radical (unpaired) electrons. The van der Waals surface area contributed by atoms with Gasteiger partial charge in [-0.15, -0.1) is 0 Å². The molecule has 1 amide bonds. The van der Waals surface area contributed by atoms with Crippen LogP contribution < -0.4 is 5.32 Å². The second kappa shape index (κ2) is 9.36. The minimum atomic E-state index is 0.266. The average Bonchev–Trinajstić information content (AvgIpc) is 3.08. The van der Waals surface area contributed by atoms with Gasteiger partial charge in [-0.25, -0.2) is 0 Å². The van der Waals surface area contributed by atoms with Gasteiger partial charge in [0.15, 0.2) is 11.8 Å². The van der Waals surface area contributed by atoms with Gasteiger partial charge in [0.1, 0.15) is 0 Å². The van der Waals surface area contributed by atoms with Gasteiger partial charge < -0.3 is 19.6 Å². The third-order valence-electron chi connectivity index (χ3n) is 5.44. The summed E-state index contributed by atoms with van der Waals surface area (Å²) in [6, 6.07) is 0. The lowest BCUT2D eigenvalue weighted by Gasteiger charge is -2.39. The van der Waals surface area contributed by atoms with Crippen LogP contribution in [-0.2, 0) is 11.3 Å². The Morgan fingerprint density at radius 2 is 1.86 bits per heavy atom. The van der Waals surface area contributed by atoms with Crippen molar-refractivity contribution in [2.45, 2.75) is 33.7 Å². The van der Waals surface area contributed by atoms with Crippen molar-refractivity contribution in [2.75, 3.05) is 52.9 Å². The molecule has 2 saturated heterocycles. The highest BCUT2D eigenvalue weighted by atomic mass is 16.5. The van der Waals surface area contributed by atoms with Gasteiger partial charge in [0.25, 0.3) is 0 Å². The van der Waals surface area contributed by atoms with Crippen molar-refractivity contribution in [2.24, 2.45) is 16.8 Å². The maximum atomic E-state index is 12.7. The van der Waals surface area contributed by atoms with Crippen LogP contribution in [0.25, 0.3) is 0 Å². The SMILES string of the molecule is CN=C(NCc1noc(C)n1)N1CCN(CC(=O)N2CC(C)CC(C)C2)CC1. The first kappa shape index (κ1) is 20.6. The van der Waals surface area contributed by atoms with Crippen molar-refractivity contribution >= 4 is 11.9 Å². The minimum Gasteiger partial charge on any atom is -0.349 e. The summed E-state index contributed by atoms with van der Waals surface area (Å²) in [6.45, 7) is 12.4. The number of nitrogens with zero attached hydrogens (tertiary/aromatic N) is 6. The molecule has 9 heteroatoms. The zero-order valence-corrected chi connectivity index (χ0v) is 17.5. The molecular weight excluding hydrogens is 358 g/mol. The highest BCUT2D eigenvalue weighted by molar-refractivity contribution is 5.80. The van der Waals surface area contributed by atoms with Crippen LogP contribution in [0.5, 0.6) is 0 Å². The van der Waals surface area contributed by atoms with Crippen LogP contribution in [0, 0.1) is 18.8 Å². The van der Waals surface area contributed by atoms with Gasteiger partial charge in [-0.05, 0) is 18.3 Å². The van der Waals surface area contributed by atoms with Crippen LogP contribution in [0.3, 0.4) is 0 Å². The van der Waals surface area contributed by atoms with Crippen molar-refractivity contribution in [3.05, 3.63) is 11.7 Å². The van der Waals surface area contributed by atoms with Gasteiger partial charge in [-0.1, -0.05) is 19.0 Å². The number of guanidine groups is 1. The van der Waals surface area contributed by atoms with Crippen LogP contribution in [0.4, 0.5) is 0 Å². The number of carbonyl (C=O) groups excluding carboxylic acids is 1. The van der Waals surface area contributed by atoms with E-state index >= 15 is 0 Å². The van der Waals surface area contributed by atoms with E-state index in [1.807, 2.05) is 0 Å². The Morgan fingerprint density at radius 3 is 2.43 bits per heavy atom. The number of amides is 1. The van der Waals surface area contributed by atoms with Crippen molar-refractivity contribution in [3.63, 3.8) is 0 Å². The fraction of sp³-hybridized carbons (Fsp3) is 0.789. The van der Waals surface area contributed by atoms with Gasteiger partial charge in [0.05, 0.1) is 13.1 Å². The Bertz CT molecular complexity index is 672. The van der Waals surface area contributed by atoms with E-state index in [0.29, 0.717) is 36.6 Å². The number of aryl methyl sites for hydroxylation is 1. The molecule has 2 aliphatic rings.